The normalized spacial score (nSPS) is 51.3. The van der Waals surface area contributed by atoms with E-state index in [4.69, 9.17) is 0 Å². The topological polar surface area (TPSA) is 112 Å². The van der Waals surface area contributed by atoms with Crippen molar-refractivity contribution in [3.63, 3.8) is 0 Å². The van der Waals surface area contributed by atoms with Crippen molar-refractivity contribution in [2.45, 2.75) is 98.5 Å². The molecule has 5 aliphatic rings. The number of aliphatic hydroxyl groups excluding tert-OH is 1. The predicted molar refractivity (Wildman–Crippen MR) is 135 cm³/mol. The van der Waals surface area contributed by atoms with Gasteiger partial charge in [0.25, 0.3) is 0 Å². The molecule has 10 atom stereocenters. The van der Waals surface area contributed by atoms with E-state index >= 15 is 0 Å². The lowest BCUT2D eigenvalue weighted by molar-refractivity contribution is -0.264. The molecule has 0 bridgehead atoms. The third-order valence-electron chi connectivity index (χ3n) is 12.9. The Labute approximate surface area is 214 Å². The van der Waals surface area contributed by atoms with Crippen LogP contribution in [0.5, 0.6) is 0 Å². The van der Waals surface area contributed by atoms with Gasteiger partial charge in [-0.05, 0) is 92.8 Å². The number of aliphatic carboxylic acids is 2. The van der Waals surface area contributed by atoms with Gasteiger partial charge in [-0.15, -0.1) is 0 Å². The van der Waals surface area contributed by atoms with Gasteiger partial charge in [-0.25, -0.2) is 0 Å². The van der Waals surface area contributed by atoms with Crippen molar-refractivity contribution in [3.8, 4) is 0 Å². The second kappa shape index (κ2) is 7.68. The van der Waals surface area contributed by atoms with E-state index in [1.165, 1.54) is 0 Å². The zero-order valence-corrected chi connectivity index (χ0v) is 22.6. The molecule has 0 aromatic heterocycles. The first-order valence-electron chi connectivity index (χ1n) is 13.9. The van der Waals surface area contributed by atoms with Crippen LogP contribution in [0.2, 0.25) is 0 Å². The Morgan fingerprint density at radius 2 is 1.61 bits per heavy atom. The standard InChI is InChI=1S/C30H44O6/c1-16(2)17-9-12-29(24(33)34)13-14-30(25(35)36)18(22(17)29)7-8-20-27(5)11-10-21(32)26(3,4)23(27)19(31)15-28(20,30)6/h17-20,22-23,31H,1,7-15H2,2-6H3,(H,33,34)(H,35,36)/t17-,18+,19+,20+,22+,23-,27+,28+,29-,30+/m0/s1. The Morgan fingerprint density at radius 1 is 0.944 bits per heavy atom. The number of carbonyl (C=O) groups excluding carboxylic acids is 1. The smallest absolute Gasteiger partial charge is 0.310 e. The van der Waals surface area contributed by atoms with Crippen molar-refractivity contribution in [1.82, 2.24) is 0 Å². The molecule has 36 heavy (non-hydrogen) atoms. The monoisotopic (exact) mass is 500 g/mol. The fraction of sp³-hybridized carbons (Fsp3) is 0.833. The van der Waals surface area contributed by atoms with Gasteiger partial charge in [-0.2, -0.15) is 0 Å². The maximum Gasteiger partial charge on any atom is 0.310 e. The second-order valence-corrected chi connectivity index (χ2v) is 14.3. The molecular formula is C30H44O6. The van der Waals surface area contributed by atoms with Gasteiger partial charge in [0.15, 0.2) is 0 Å². The van der Waals surface area contributed by atoms with Crippen molar-refractivity contribution in [2.24, 2.45) is 56.7 Å². The number of rotatable bonds is 3. The zero-order chi connectivity index (χ0) is 26.6. The molecule has 5 saturated carbocycles. The highest BCUT2D eigenvalue weighted by Gasteiger charge is 2.76. The molecule has 0 heterocycles. The first kappa shape index (κ1) is 25.9. The largest absolute Gasteiger partial charge is 0.481 e. The second-order valence-electron chi connectivity index (χ2n) is 14.3. The Kier molecular flexibility index (Phi) is 5.53. The van der Waals surface area contributed by atoms with Crippen LogP contribution < -0.4 is 0 Å². The van der Waals surface area contributed by atoms with Crippen LogP contribution in [0.3, 0.4) is 0 Å². The highest BCUT2D eigenvalue weighted by Crippen LogP contribution is 2.77. The maximum absolute atomic E-state index is 13.6. The third-order valence-corrected chi connectivity index (χ3v) is 12.9. The van der Waals surface area contributed by atoms with Crippen LogP contribution in [-0.2, 0) is 14.4 Å². The molecule has 0 radical (unpaired) electrons. The maximum atomic E-state index is 13.6. The van der Waals surface area contributed by atoms with E-state index in [0.29, 0.717) is 44.9 Å². The van der Waals surface area contributed by atoms with Crippen molar-refractivity contribution in [1.29, 1.82) is 0 Å². The summed E-state index contributed by atoms with van der Waals surface area (Å²) in [5, 5.41) is 33.3. The van der Waals surface area contributed by atoms with Gasteiger partial charge in [-0.1, -0.05) is 39.8 Å². The van der Waals surface area contributed by atoms with E-state index in [2.05, 4.69) is 20.4 Å². The van der Waals surface area contributed by atoms with Crippen LogP contribution in [0.25, 0.3) is 0 Å². The quantitative estimate of drug-likeness (QED) is 0.452. The van der Waals surface area contributed by atoms with Crippen molar-refractivity contribution >= 4 is 17.7 Å². The lowest BCUT2D eigenvalue weighted by atomic mass is 9.31. The first-order valence-corrected chi connectivity index (χ1v) is 13.9. The lowest BCUT2D eigenvalue weighted by Gasteiger charge is -2.72. The van der Waals surface area contributed by atoms with Gasteiger partial charge < -0.3 is 15.3 Å². The van der Waals surface area contributed by atoms with Crippen molar-refractivity contribution < 1.29 is 29.7 Å². The van der Waals surface area contributed by atoms with Gasteiger partial charge in [0.1, 0.15) is 5.78 Å². The van der Waals surface area contributed by atoms with Gasteiger partial charge >= 0.3 is 11.9 Å². The summed E-state index contributed by atoms with van der Waals surface area (Å²) in [4.78, 5) is 39.3. The van der Waals surface area contributed by atoms with E-state index in [0.717, 1.165) is 18.4 Å². The minimum absolute atomic E-state index is 0.00774. The first-order chi connectivity index (χ1) is 16.6. The van der Waals surface area contributed by atoms with Gasteiger partial charge in [0.05, 0.1) is 16.9 Å². The summed E-state index contributed by atoms with van der Waals surface area (Å²) < 4.78 is 0. The number of carboxylic acid groups (broad SMARTS) is 2. The molecule has 6 nitrogen and oxygen atoms in total. The molecule has 0 spiro atoms. The molecule has 5 fully saturated rings. The van der Waals surface area contributed by atoms with E-state index in [1.807, 2.05) is 20.8 Å². The minimum Gasteiger partial charge on any atom is -0.481 e. The highest BCUT2D eigenvalue weighted by atomic mass is 16.4. The molecule has 5 rings (SSSR count). The summed E-state index contributed by atoms with van der Waals surface area (Å²) in [7, 11) is 0. The Morgan fingerprint density at radius 3 is 2.19 bits per heavy atom. The number of aliphatic hydroxyl groups is 1. The summed E-state index contributed by atoms with van der Waals surface area (Å²) in [6, 6.07) is 0. The van der Waals surface area contributed by atoms with Crippen LogP contribution in [-0.4, -0.2) is 39.1 Å². The third kappa shape index (κ3) is 2.80. The van der Waals surface area contributed by atoms with E-state index in [9.17, 15) is 29.7 Å². The molecule has 0 aliphatic heterocycles. The Balaban J connectivity index is 1.67. The number of carboxylic acids is 2. The van der Waals surface area contributed by atoms with Crippen LogP contribution in [0, 0.1) is 56.7 Å². The number of allylic oxidation sites excluding steroid dienone is 1. The molecule has 0 amide bonds. The molecule has 0 aromatic carbocycles. The van der Waals surface area contributed by atoms with Gasteiger partial charge in [-0.3, -0.25) is 14.4 Å². The molecule has 3 N–H and O–H groups in total. The molecule has 200 valence electrons. The Bertz CT molecular complexity index is 1030. The SMILES string of the molecule is C=C(C)[C@@H]1CC[C@]2(C(=O)O)CC[C@]3(C(=O)O)[C@H](CC[C@@H]4[C@@]5(C)CCC(=O)C(C)(C)[C@@H]5[C@H](O)C[C@]43C)[C@@H]12. The lowest BCUT2D eigenvalue weighted by Crippen LogP contribution is -2.72. The summed E-state index contributed by atoms with van der Waals surface area (Å²) in [6.45, 7) is 14.4. The fourth-order valence-corrected chi connectivity index (χ4v) is 11.6. The zero-order valence-electron chi connectivity index (χ0n) is 22.6. The molecule has 6 heteroatoms. The summed E-state index contributed by atoms with van der Waals surface area (Å²) >= 11 is 0. The Hall–Kier alpha value is -1.69. The summed E-state index contributed by atoms with van der Waals surface area (Å²) in [5.41, 5.74) is -2.71. The molecule has 0 aromatic rings. The number of fused-ring (bicyclic) bond motifs is 7. The molecule has 0 unspecified atom stereocenters. The average molecular weight is 501 g/mol. The molecule has 5 aliphatic carbocycles. The van der Waals surface area contributed by atoms with E-state index in [-0.39, 0.29) is 40.8 Å². The van der Waals surface area contributed by atoms with Crippen molar-refractivity contribution in [2.75, 3.05) is 0 Å². The van der Waals surface area contributed by atoms with Crippen LogP contribution >= 0.6 is 0 Å². The number of hydrogen-bond donors (Lipinski definition) is 3. The van der Waals surface area contributed by atoms with Gasteiger partial charge in [0, 0.05) is 17.8 Å². The predicted octanol–water partition coefficient (Wildman–Crippen LogP) is 5.33. The minimum atomic E-state index is -1.10. The summed E-state index contributed by atoms with van der Waals surface area (Å²) in [6.07, 6.45) is 4.24. The number of ketones is 1. The van der Waals surface area contributed by atoms with Crippen LogP contribution in [0.1, 0.15) is 92.4 Å². The van der Waals surface area contributed by atoms with E-state index in [1.54, 1.807) is 0 Å². The summed E-state index contributed by atoms with van der Waals surface area (Å²) in [5.74, 6) is -2.08. The number of Topliss-reactive ketones (excluding diaryl/α,β-unsaturated/α-hetero) is 1. The van der Waals surface area contributed by atoms with Crippen molar-refractivity contribution in [3.05, 3.63) is 12.2 Å². The van der Waals surface area contributed by atoms with Crippen LogP contribution in [0.15, 0.2) is 12.2 Å². The van der Waals surface area contributed by atoms with E-state index < -0.39 is 39.7 Å². The van der Waals surface area contributed by atoms with Crippen LogP contribution in [0.4, 0.5) is 0 Å². The number of carbonyl (C=O) groups is 3. The van der Waals surface area contributed by atoms with Gasteiger partial charge in [0.2, 0.25) is 0 Å². The number of hydrogen-bond acceptors (Lipinski definition) is 4. The highest BCUT2D eigenvalue weighted by molar-refractivity contribution is 5.86. The average Bonchev–Trinajstić information content (AvgIpc) is 3.17. The fourth-order valence-electron chi connectivity index (χ4n) is 11.6. The molecule has 0 saturated heterocycles. The molecular weight excluding hydrogens is 456 g/mol.